The van der Waals surface area contributed by atoms with Crippen LogP contribution in [0.4, 0.5) is 0 Å². The van der Waals surface area contributed by atoms with Crippen LogP contribution in [0.1, 0.15) is 12.0 Å². The second kappa shape index (κ2) is 4.51. The van der Waals surface area contributed by atoms with Gasteiger partial charge >= 0.3 is 0 Å². The van der Waals surface area contributed by atoms with E-state index in [1.54, 1.807) is 0 Å². The quantitative estimate of drug-likeness (QED) is 0.679. The fourth-order valence-corrected chi connectivity index (χ4v) is 2.15. The third kappa shape index (κ3) is 2.25. The zero-order valence-corrected chi connectivity index (χ0v) is 8.91. The smallest absolute Gasteiger partial charge is 0.158 e. The topological polar surface area (TPSA) is 69.9 Å². The molecule has 16 heavy (non-hydrogen) atoms. The van der Waals surface area contributed by atoms with E-state index in [9.17, 15) is 10.2 Å². The van der Waals surface area contributed by atoms with E-state index in [0.717, 1.165) is 5.56 Å². The lowest BCUT2D eigenvalue weighted by Crippen LogP contribution is -2.42. The Balaban J connectivity index is 2.13. The summed E-state index contributed by atoms with van der Waals surface area (Å²) in [5.74, 6) is 0. The largest absolute Gasteiger partial charge is 0.394 e. The Morgan fingerprint density at radius 1 is 1.31 bits per heavy atom. The molecule has 0 unspecified atom stereocenters. The van der Waals surface area contributed by atoms with Crippen molar-refractivity contribution in [3.8, 4) is 0 Å². The predicted molar refractivity (Wildman–Crippen MR) is 57.7 cm³/mol. The fourth-order valence-electron chi connectivity index (χ4n) is 2.15. The average molecular weight is 224 g/mol. The van der Waals surface area contributed by atoms with Crippen molar-refractivity contribution >= 4 is 0 Å². The second-order valence-corrected chi connectivity index (χ2v) is 4.23. The molecule has 1 aliphatic heterocycles. The summed E-state index contributed by atoms with van der Waals surface area (Å²) in [4.78, 5) is 0. The van der Waals surface area contributed by atoms with Crippen LogP contribution >= 0.6 is 0 Å². The van der Waals surface area contributed by atoms with E-state index in [0.29, 0.717) is 6.42 Å². The molecule has 0 aromatic heterocycles. The molecule has 0 saturated carbocycles. The SMILES string of the molecule is OC[C@H]1O[C@H](O)C[C@]1(O)Cc1ccccc1. The van der Waals surface area contributed by atoms with Crippen molar-refractivity contribution in [1.29, 1.82) is 0 Å². The summed E-state index contributed by atoms with van der Waals surface area (Å²) in [7, 11) is 0. The first-order valence-electron chi connectivity index (χ1n) is 5.35. The van der Waals surface area contributed by atoms with Gasteiger partial charge in [-0.05, 0) is 5.56 Å². The Bertz CT molecular complexity index is 340. The van der Waals surface area contributed by atoms with E-state index >= 15 is 0 Å². The number of aliphatic hydroxyl groups excluding tert-OH is 2. The highest BCUT2D eigenvalue weighted by molar-refractivity contribution is 5.18. The summed E-state index contributed by atoms with van der Waals surface area (Å²) in [6.07, 6.45) is -1.21. The molecule has 88 valence electrons. The van der Waals surface area contributed by atoms with Gasteiger partial charge in [-0.1, -0.05) is 30.3 Å². The molecule has 1 aromatic carbocycles. The van der Waals surface area contributed by atoms with E-state index in [1.807, 2.05) is 30.3 Å². The number of rotatable bonds is 3. The Morgan fingerprint density at radius 3 is 2.62 bits per heavy atom. The third-order valence-electron chi connectivity index (χ3n) is 2.97. The summed E-state index contributed by atoms with van der Waals surface area (Å²) in [5, 5.41) is 28.8. The Hall–Kier alpha value is -0.940. The molecule has 4 heteroatoms. The molecule has 0 spiro atoms. The summed E-state index contributed by atoms with van der Waals surface area (Å²) >= 11 is 0. The van der Waals surface area contributed by atoms with Crippen molar-refractivity contribution in [2.45, 2.75) is 30.8 Å². The number of ether oxygens (including phenoxy) is 1. The van der Waals surface area contributed by atoms with Gasteiger partial charge in [-0.15, -0.1) is 0 Å². The zero-order chi connectivity index (χ0) is 11.6. The summed E-state index contributed by atoms with van der Waals surface area (Å²) in [5.41, 5.74) is -0.226. The van der Waals surface area contributed by atoms with Gasteiger partial charge in [-0.2, -0.15) is 0 Å². The molecular weight excluding hydrogens is 208 g/mol. The van der Waals surface area contributed by atoms with Crippen LogP contribution in [-0.4, -0.2) is 39.9 Å². The molecule has 0 amide bonds. The van der Waals surface area contributed by atoms with Crippen molar-refractivity contribution in [3.63, 3.8) is 0 Å². The minimum Gasteiger partial charge on any atom is -0.394 e. The molecule has 0 radical (unpaired) electrons. The monoisotopic (exact) mass is 224 g/mol. The maximum Gasteiger partial charge on any atom is 0.158 e. The first-order chi connectivity index (χ1) is 7.64. The van der Waals surface area contributed by atoms with Gasteiger partial charge in [0.15, 0.2) is 6.29 Å². The summed E-state index contributed by atoms with van der Waals surface area (Å²) in [6, 6.07) is 9.48. The van der Waals surface area contributed by atoms with Gasteiger partial charge in [0.1, 0.15) is 11.7 Å². The van der Waals surface area contributed by atoms with Gasteiger partial charge in [0, 0.05) is 12.8 Å². The molecule has 3 atom stereocenters. The lowest BCUT2D eigenvalue weighted by molar-refractivity contribution is -0.120. The number of hydrogen-bond acceptors (Lipinski definition) is 4. The summed E-state index contributed by atoms with van der Waals surface area (Å²) in [6.45, 7) is -0.291. The third-order valence-corrected chi connectivity index (χ3v) is 2.97. The normalized spacial score (nSPS) is 34.2. The van der Waals surface area contributed by atoms with Gasteiger partial charge in [0.2, 0.25) is 0 Å². The van der Waals surface area contributed by atoms with Crippen molar-refractivity contribution in [1.82, 2.24) is 0 Å². The van der Waals surface area contributed by atoms with Crippen LogP contribution in [0, 0.1) is 0 Å². The molecule has 1 fully saturated rings. The number of hydrogen-bond donors (Lipinski definition) is 3. The molecule has 1 aromatic rings. The van der Waals surface area contributed by atoms with Crippen molar-refractivity contribution in [3.05, 3.63) is 35.9 Å². The first-order valence-corrected chi connectivity index (χ1v) is 5.35. The van der Waals surface area contributed by atoms with E-state index in [-0.39, 0.29) is 13.0 Å². The molecular formula is C12H16O4. The predicted octanol–water partition coefficient (Wildman–Crippen LogP) is 0.0598. The first kappa shape index (κ1) is 11.5. The van der Waals surface area contributed by atoms with Crippen LogP contribution in [0.15, 0.2) is 30.3 Å². The second-order valence-electron chi connectivity index (χ2n) is 4.23. The molecule has 0 bridgehead atoms. The highest BCUT2D eigenvalue weighted by atomic mass is 16.6. The Kier molecular flexibility index (Phi) is 3.25. The minimum absolute atomic E-state index is 0.132. The average Bonchev–Trinajstić information content (AvgIpc) is 2.54. The Morgan fingerprint density at radius 2 is 2.00 bits per heavy atom. The van der Waals surface area contributed by atoms with Gasteiger partial charge < -0.3 is 20.1 Å². The molecule has 1 aliphatic rings. The number of aliphatic hydroxyl groups is 3. The maximum atomic E-state index is 10.3. The van der Waals surface area contributed by atoms with Crippen LogP contribution in [0.5, 0.6) is 0 Å². The van der Waals surface area contributed by atoms with Crippen LogP contribution in [0.2, 0.25) is 0 Å². The lowest BCUT2D eigenvalue weighted by Gasteiger charge is -2.26. The van der Waals surface area contributed by atoms with Gasteiger partial charge in [-0.25, -0.2) is 0 Å². The van der Waals surface area contributed by atoms with Crippen LogP contribution in [0.3, 0.4) is 0 Å². The molecule has 1 heterocycles. The fraction of sp³-hybridized carbons (Fsp3) is 0.500. The van der Waals surface area contributed by atoms with Crippen molar-refractivity contribution in [2.75, 3.05) is 6.61 Å². The van der Waals surface area contributed by atoms with E-state index in [4.69, 9.17) is 9.84 Å². The van der Waals surface area contributed by atoms with Crippen LogP contribution in [-0.2, 0) is 11.2 Å². The van der Waals surface area contributed by atoms with Crippen molar-refractivity contribution < 1.29 is 20.1 Å². The number of benzene rings is 1. The van der Waals surface area contributed by atoms with Gasteiger partial charge in [0.05, 0.1) is 6.61 Å². The molecule has 4 nitrogen and oxygen atoms in total. The summed E-state index contributed by atoms with van der Waals surface area (Å²) < 4.78 is 5.05. The molecule has 1 saturated heterocycles. The van der Waals surface area contributed by atoms with E-state index < -0.39 is 18.0 Å². The lowest BCUT2D eigenvalue weighted by atomic mass is 9.88. The highest BCUT2D eigenvalue weighted by Gasteiger charge is 2.46. The Labute approximate surface area is 94.1 Å². The van der Waals surface area contributed by atoms with Gasteiger partial charge in [0.25, 0.3) is 0 Å². The van der Waals surface area contributed by atoms with Crippen LogP contribution in [0.25, 0.3) is 0 Å². The highest BCUT2D eigenvalue weighted by Crippen LogP contribution is 2.32. The molecule has 2 rings (SSSR count). The minimum atomic E-state index is -1.18. The van der Waals surface area contributed by atoms with E-state index in [1.165, 1.54) is 0 Å². The van der Waals surface area contributed by atoms with E-state index in [2.05, 4.69) is 0 Å². The van der Waals surface area contributed by atoms with Crippen LogP contribution < -0.4 is 0 Å². The molecule has 0 aliphatic carbocycles. The molecule has 3 N–H and O–H groups in total. The maximum absolute atomic E-state index is 10.3. The van der Waals surface area contributed by atoms with Crippen molar-refractivity contribution in [2.24, 2.45) is 0 Å². The van der Waals surface area contributed by atoms with Gasteiger partial charge in [-0.3, -0.25) is 0 Å². The zero-order valence-electron chi connectivity index (χ0n) is 8.91. The standard InChI is InChI=1S/C12H16O4/c13-8-10-12(15,7-11(14)16-10)6-9-4-2-1-3-5-9/h1-5,10-11,13-15H,6-8H2/t10-,11+,12-/m1/s1.